The van der Waals surface area contributed by atoms with Gasteiger partial charge < -0.3 is 10.0 Å². The van der Waals surface area contributed by atoms with Crippen molar-refractivity contribution in [1.82, 2.24) is 4.90 Å². The maximum absolute atomic E-state index is 12.5. The van der Waals surface area contributed by atoms with Crippen LogP contribution in [-0.4, -0.2) is 35.2 Å². The molecule has 1 aromatic rings. The molecule has 1 aliphatic heterocycles. The number of phenols is 1. The van der Waals surface area contributed by atoms with Gasteiger partial charge in [-0.25, -0.2) is 0 Å². The largest absolute Gasteiger partial charge is 0.507 e. The van der Waals surface area contributed by atoms with Crippen molar-refractivity contribution in [3.8, 4) is 5.75 Å². The minimum atomic E-state index is -4.84. The quantitative estimate of drug-likeness (QED) is 0.862. The maximum atomic E-state index is 12.5. The van der Waals surface area contributed by atoms with Gasteiger partial charge in [0, 0.05) is 13.1 Å². The number of hydrogen-bond acceptors (Lipinski definition) is 2. The molecule has 0 fully saturated rings. The van der Waals surface area contributed by atoms with Gasteiger partial charge in [-0.1, -0.05) is 19.1 Å². The van der Waals surface area contributed by atoms with E-state index >= 15 is 0 Å². The van der Waals surface area contributed by atoms with Crippen molar-refractivity contribution < 1.29 is 23.1 Å². The van der Waals surface area contributed by atoms with E-state index < -0.39 is 12.1 Å². The molecule has 0 spiro atoms. The molecule has 1 aromatic carbocycles. The summed E-state index contributed by atoms with van der Waals surface area (Å²) >= 11 is 0. The molecular weight excluding hydrogens is 271 g/mol. The standard InChI is InChI=1S/C14H16F3NO2/c1-2-9-3-4-10-5-7-18(13(20)14(15,16)17)8-6-11(10)12(9)19/h3-4,19H,2,5-8H2,1H3. The van der Waals surface area contributed by atoms with E-state index in [2.05, 4.69) is 0 Å². The summed E-state index contributed by atoms with van der Waals surface area (Å²) in [5, 5.41) is 10.1. The lowest BCUT2D eigenvalue weighted by Gasteiger charge is -2.21. The molecule has 0 aromatic heterocycles. The first kappa shape index (κ1) is 14.7. The van der Waals surface area contributed by atoms with Crippen molar-refractivity contribution in [2.24, 2.45) is 0 Å². The maximum Gasteiger partial charge on any atom is 0.471 e. The Hall–Kier alpha value is -1.72. The molecule has 0 unspecified atom stereocenters. The Morgan fingerprint density at radius 2 is 1.95 bits per heavy atom. The van der Waals surface area contributed by atoms with Crippen LogP contribution < -0.4 is 0 Å². The molecule has 1 aliphatic rings. The topological polar surface area (TPSA) is 40.5 Å². The Labute approximate surface area is 115 Å². The molecule has 3 nitrogen and oxygen atoms in total. The van der Waals surface area contributed by atoms with Gasteiger partial charge in [-0.2, -0.15) is 13.2 Å². The zero-order valence-electron chi connectivity index (χ0n) is 11.1. The molecular formula is C14H16F3NO2. The fourth-order valence-corrected chi connectivity index (χ4v) is 2.52. The minimum absolute atomic E-state index is 0.0218. The molecule has 0 atom stereocenters. The Balaban J connectivity index is 2.23. The first-order chi connectivity index (χ1) is 9.34. The summed E-state index contributed by atoms with van der Waals surface area (Å²) in [7, 11) is 0. The molecule has 6 heteroatoms. The lowest BCUT2D eigenvalue weighted by atomic mass is 9.97. The summed E-state index contributed by atoms with van der Waals surface area (Å²) < 4.78 is 37.4. The second kappa shape index (κ2) is 5.34. The molecule has 0 bridgehead atoms. The molecule has 0 saturated heterocycles. The SMILES string of the molecule is CCc1ccc2c(c1O)CCN(C(=O)C(F)(F)F)CC2. The second-order valence-electron chi connectivity index (χ2n) is 4.85. The summed E-state index contributed by atoms with van der Waals surface area (Å²) in [6.07, 6.45) is -3.61. The third-order valence-electron chi connectivity index (χ3n) is 3.66. The molecule has 1 N–H and O–H groups in total. The van der Waals surface area contributed by atoms with Gasteiger partial charge in [0.25, 0.3) is 0 Å². The van der Waals surface area contributed by atoms with Crippen molar-refractivity contribution in [3.05, 3.63) is 28.8 Å². The number of fused-ring (bicyclic) bond motifs is 1. The average molecular weight is 287 g/mol. The molecule has 110 valence electrons. The van der Waals surface area contributed by atoms with Crippen LogP contribution >= 0.6 is 0 Å². The van der Waals surface area contributed by atoms with Crippen LogP contribution in [0.2, 0.25) is 0 Å². The summed E-state index contributed by atoms with van der Waals surface area (Å²) in [6, 6.07) is 3.62. The highest BCUT2D eigenvalue weighted by atomic mass is 19.4. The molecule has 0 radical (unpaired) electrons. The normalized spacial score (nSPS) is 15.7. The van der Waals surface area contributed by atoms with E-state index in [0.29, 0.717) is 18.4 Å². The van der Waals surface area contributed by atoms with Gasteiger partial charge in [-0.3, -0.25) is 4.79 Å². The minimum Gasteiger partial charge on any atom is -0.507 e. The number of rotatable bonds is 1. The molecule has 20 heavy (non-hydrogen) atoms. The fraction of sp³-hybridized carbons (Fsp3) is 0.500. The Morgan fingerprint density at radius 1 is 1.30 bits per heavy atom. The number of benzene rings is 1. The molecule has 0 aliphatic carbocycles. The molecule has 0 saturated carbocycles. The van der Waals surface area contributed by atoms with Crippen molar-refractivity contribution in [2.45, 2.75) is 32.4 Å². The number of carbonyl (C=O) groups excluding carboxylic acids is 1. The van der Waals surface area contributed by atoms with Crippen LogP contribution in [0.4, 0.5) is 13.2 Å². The summed E-state index contributed by atoms with van der Waals surface area (Å²) in [4.78, 5) is 12.1. The highest BCUT2D eigenvalue weighted by molar-refractivity contribution is 5.82. The van der Waals surface area contributed by atoms with E-state index in [1.807, 2.05) is 13.0 Å². The van der Waals surface area contributed by atoms with Crippen molar-refractivity contribution in [3.63, 3.8) is 0 Å². The van der Waals surface area contributed by atoms with Gasteiger partial charge in [0.15, 0.2) is 0 Å². The first-order valence-electron chi connectivity index (χ1n) is 6.53. The highest BCUT2D eigenvalue weighted by Gasteiger charge is 2.42. The van der Waals surface area contributed by atoms with Crippen LogP contribution in [0.5, 0.6) is 5.75 Å². The number of halogens is 3. The van der Waals surface area contributed by atoms with Gasteiger partial charge in [0.05, 0.1) is 0 Å². The lowest BCUT2D eigenvalue weighted by Crippen LogP contribution is -2.42. The number of hydrogen-bond donors (Lipinski definition) is 1. The predicted octanol–water partition coefficient (Wildman–Crippen LogP) is 2.44. The zero-order chi connectivity index (χ0) is 14.9. The third kappa shape index (κ3) is 2.73. The number of alkyl halides is 3. The number of nitrogens with zero attached hydrogens (tertiary/aromatic N) is 1. The van der Waals surface area contributed by atoms with E-state index in [9.17, 15) is 23.1 Å². The van der Waals surface area contributed by atoms with Crippen molar-refractivity contribution in [1.29, 1.82) is 0 Å². The summed E-state index contributed by atoms with van der Waals surface area (Å²) in [5.41, 5.74) is 2.26. The van der Waals surface area contributed by atoms with Gasteiger partial charge in [-0.15, -0.1) is 0 Å². The lowest BCUT2D eigenvalue weighted by molar-refractivity contribution is -0.185. The van der Waals surface area contributed by atoms with E-state index in [0.717, 1.165) is 16.0 Å². The van der Waals surface area contributed by atoms with Crippen molar-refractivity contribution in [2.75, 3.05) is 13.1 Å². The van der Waals surface area contributed by atoms with Crippen LogP contribution in [0.3, 0.4) is 0 Å². The van der Waals surface area contributed by atoms with E-state index in [4.69, 9.17) is 0 Å². The highest BCUT2D eigenvalue weighted by Crippen LogP contribution is 2.30. The first-order valence-corrected chi connectivity index (χ1v) is 6.53. The van der Waals surface area contributed by atoms with E-state index in [1.165, 1.54) is 0 Å². The van der Waals surface area contributed by atoms with Crippen LogP contribution in [0.15, 0.2) is 12.1 Å². The van der Waals surface area contributed by atoms with Gasteiger partial charge in [0.2, 0.25) is 0 Å². The van der Waals surface area contributed by atoms with Crippen molar-refractivity contribution >= 4 is 5.91 Å². The zero-order valence-corrected chi connectivity index (χ0v) is 11.1. The molecule has 1 amide bonds. The second-order valence-corrected chi connectivity index (χ2v) is 4.85. The van der Waals surface area contributed by atoms with Gasteiger partial charge >= 0.3 is 12.1 Å². The summed E-state index contributed by atoms with van der Waals surface area (Å²) in [6.45, 7) is 1.90. The van der Waals surface area contributed by atoms with Gasteiger partial charge in [-0.05, 0) is 36.0 Å². The Morgan fingerprint density at radius 3 is 2.55 bits per heavy atom. The van der Waals surface area contributed by atoms with E-state index in [-0.39, 0.29) is 25.3 Å². The summed E-state index contributed by atoms with van der Waals surface area (Å²) in [5.74, 6) is -1.65. The Kier molecular flexibility index (Phi) is 3.92. The van der Waals surface area contributed by atoms with Crippen LogP contribution in [0, 0.1) is 0 Å². The number of aromatic hydroxyl groups is 1. The third-order valence-corrected chi connectivity index (χ3v) is 3.66. The van der Waals surface area contributed by atoms with Crippen LogP contribution in [-0.2, 0) is 24.1 Å². The monoisotopic (exact) mass is 287 g/mol. The average Bonchev–Trinajstić information content (AvgIpc) is 2.60. The van der Waals surface area contributed by atoms with Gasteiger partial charge in [0.1, 0.15) is 5.75 Å². The van der Waals surface area contributed by atoms with Crippen LogP contribution in [0.1, 0.15) is 23.6 Å². The number of aryl methyl sites for hydroxylation is 1. The van der Waals surface area contributed by atoms with E-state index in [1.54, 1.807) is 6.07 Å². The number of phenolic OH excluding ortho intramolecular Hbond substituents is 1. The predicted molar refractivity (Wildman–Crippen MR) is 67.5 cm³/mol. The fourth-order valence-electron chi connectivity index (χ4n) is 2.52. The number of amides is 1. The number of carbonyl (C=O) groups is 1. The smallest absolute Gasteiger partial charge is 0.471 e. The Bertz CT molecular complexity index is 526. The molecule has 2 rings (SSSR count). The molecule has 1 heterocycles. The van der Waals surface area contributed by atoms with Crippen LogP contribution in [0.25, 0.3) is 0 Å².